The Labute approximate surface area is 85.2 Å². The number of halogens is 1. The monoisotopic (exact) mass is 222 g/mol. The molecule has 74 valence electrons. The molecule has 0 saturated carbocycles. The summed E-state index contributed by atoms with van der Waals surface area (Å²) in [6.45, 7) is -0.142. The molecule has 0 spiro atoms. The Balaban J connectivity index is 2.61. The topological polar surface area (TPSA) is 60.7 Å². The van der Waals surface area contributed by atoms with Crippen LogP contribution in [0.3, 0.4) is 0 Å². The van der Waals surface area contributed by atoms with Crippen molar-refractivity contribution in [2.75, 3.05) is 6.61 Å². The van der Waals surface area contributed by atoms with Gasteiger partial charge >= 0.3 is 0 Å². The van der Waals surface area contributed by atoms with Gasteiger partial charge in [0.25, 0.3) is 0 Å². The van der Waals surface area contributed by atoms with Gasteiger partial charge in [0.2, 0.25) is 0 Å². The van der Waals surface area contributed by atoms with Crippen LogP contribution in [-0.4, -0.2) is 28.0 Å². The lowest BCUT2D eigenvalue weighted by molar-refractivity contribution is 0.00618. The summed E-state index contributed by atoms with van der Waals surface area (Å²) >= 11 is 6.89. The maximum Gasteiger partial charge on any atom is 0.114 e. The standard InChI is InChI=1S/C8H11ClO3S/c9-7-2-1-6(13-7)8(12)5(11)3-4-10/h1-2,5,8,10-12H,3-4H2. The van der Waals surface area contributed by atoms with Crippen molar-refractivity contribution in [1.29, 1.82) is 0 Å². The van der Waals surface area contributed by atoms with Crippen molar-refractivity contribution in [2.24, 2.45) is 0 Å². The van der Waals surface area contributed by atoms with Crippen molar-refractivity contribution in [2.45, 2.75) is 18.6 Å². The van der Waals surface area contributed by atoms with E-state index in [1.54, 1.807) is 12.1 Å². The molecular weight excluding hydrogens is 212 g/mol. The van der Waals surface area contributed by atoms with Crippen LogP contribution in [0.4, 0.5) is 0 Å². The van der Waals surface area contributed by atoms with E-state index in [2.05, 4.69) is 0 Å². The Morgan fingerprint density at radius 3 is 2.54 bits per heavy atom. The van der Waals surface area contributed by atoms with E-state index in [9.17, 15) is 10.2 Å². The highest BCUT2D eigenvalue weighted by Gasteiger charge is 2.19. The van der Waals surface area contributed by atoms with E-state index in [0.717, 1.165) is 0 Å². The minimum Gasteiger partial charge on any atom is -0.396 e. The molecule has 0 amide bonds. The van der Waals surface area contributed by atoms with E-state index in [-0.39, 0.29) is 13.0 Å². The van der Waals surface area contributed by atoms with Gasteiger partial charge in [-0.15, -0.1) is 11.3 Å². The van der Waals surface area contributed by atoms with Crippen LogP contribution in [-0.2, 0) is 0 Å². The van der Waals surface area contributed by atoms with Gasteiger partial charge in [0.1, 0.15) is 6.10 Å². The van der Waals surface area contributed by atoms with Crippen LogP contribution in [0, 0.1) is 0 Å². The maximum atomic E-state index is 9.52. The van der Waals surface area contributed by atoms with Gasteiger partial charge in [0.05, 0.1) is 10.4 Å². The number of hydrogen-bond donors (Lipinski definition) is 3. The van der Waals surface area contributed by atoms with Gasteiger partial charge in [-0.2, -0.15) is 0 Å². The van der Waals surface area contributed by atoms with Crippen LogP contribution < -0.4 is 0 Å². The predicted molar refractivity (Wildman–Crippen MR) is 52.0 cm³/mol. The Hall–Kier alpha value is -0.130. The minimum atomic E-state index is -0.954. The minimum absolute atomic E-state index is 0.142. The second kappa shape index (κ2) is 4.93. The number of thiophene rings is 1. The molecule has 3 nitrogen and oxygen atoms in total. The molecule has 0 aliphatic rings. The van der Waals surface area contributed by atoms with Crippen molar-refractivity contribution in [3.05, 3.63) is 21.3 Å². The van der Waals surface area contributed by atoms with Crippen molar-refractivity contribution >= 4 is 22.9 Å². The van der Waals surface area contributed by atoms with Gasteiger partial charge in [-0.3, -0.25) is 0 Å². The molecular formula is C8H11ClO3S. The van der Waals surface area contributed by atoms with Crippen LogP contribution in [0.5, 0.6) is 0 Å². The first-order chi connectivity index (χ1) is 6.15. The fourth-order valence-corrected chi connectivity index (χ4v) is 2.07. The smallest absolute Gasteiger partial charge is 0.114 e. The second-order valence-corrected chi connectivity index (χ2v) is 4.41. The molecule has 5 heteroatoms. The molecule has 3 N–H and O–H groups in total. The Morgan fingerprint density at radius 2 is 2.08 bits per heavy atom. The fourth-order valence-electron chi connectivity index (χ4n) is 0.967. The number of hydrogen-bond acceptors (Lipinski definition) is 4. The Bertz CT molecular complexity index is 264. The van der Waals surface area contributed by atoms with Crippen LogP contribution in [0.25, 0.3) is 0 Å². The summed E-state index contributed by atoms with van der Waals surface area (Å²) < 4.78 is 0.574. The van der Waals surface area contributed by atoms with Gasteiger partial charge in [-0.1, -0.05) is 11.6 Å². The van der Waals surface area contributed by atoms with E-state index in [1.165, 1.54) is 11.3 Å². The predicted octanol–water partition coefficient (Wildman–Crippen LogP) is 1.18. The van der Waals surface area contributed by atoms with Crippen LogP contribution in [0.15, 0.2) is 12.1 Å². The molecule has 1 aromatic rings. The zero-order valence-corrected chi connectivity index (χ0v) is 8.42. The highest BCUT2D eigenvalue weighted by atomic mass is 35.5. The molecule has 0 bridgehead atoms. The number of aliphatic hydroxyl groups excluding tert-OH is 3. The zero-order valence-electron chi connectivity index (χ0n) is 6.85. The molecule has 13 heavy (non-hydrogen) atoms. The Morgan fingerprint density at radius 1 is 1.38 bits per heavy atom. The van der Waals surface area contributed by atoms with Crippen LogP contribution in [0.2, 0.25) is 4.34 Å². The first-order valence-electron chi connectivity index (χ1n) is 3.87. The zero-order chi connectivity index (χ0) is 9.84. The van der Waals surface area contributed by atoms with E-state index >= 15 is 0 Å². The lowest BCUT2D eigenvalue weighted by Gasteiger charge is -2.14. The molecule has 1 aromatic heterocycles. The molecule has 1 heterocycles. The van der Waals surface area contributed by atoms with Crippen LogP contribution >= 0.6 is 22.9 Å². The third kappa shape index (κ3) is 2.93. The Kier molecular flexibility index (Phi) is 4.15. The molecule has 0 aliphatic carbocycles. The van der Waals surface area contributed by atoms with Crippen molar-refractivity contribution < 1.29 is 15.3 Å². The highest BCUT2D eigenvalue weighted by molar-refractivity contribution is 7.16. The maximum absolute atomic E-state index is 9.52. The van der Waals surface area contributed by atoms with Crippen molar-refractivity contribution in [1.82, 2.24) is 0 Å². The van der Waals surface area contributed by atoms with Gasteiger partial charge in [0, 0.05) is 11.5 Å². The summed E-state index contributed by atoms with van der Waals surface area (Å²) in [5.74, 6) is 0. The normalized spacial score (nSPS) is 15.7. The summed E-state index contributed by atoms with van der Waals surface area (Å²) in [6.07, 6.45) is -1.72. The van der Waals surface area contributed by atoms with Gasteiger partial charge < -0.3 is 15.3 Å². The first kappa shape index (κ1) is 10.9. The number of rotatable bonds is 4. The lowest BCUT2D eigenvalue weighted by Crippen LogP contribution is -2.18. The van der Waals surface area contributed by atoms with Crippen molar-refractivity contribution in [3.63, 3.8) is 0 Å². The van der Waals surface area contributed by atoms with E-state index in [0.29, 0.717) is 9.21 Å². The van der Waals surface area contributed by atoms with Crippen molar-refractivity contribution in [3.8, 4) is 0 Å². The third-order valence-electron chi connectivity index (χ3n) is 1.67. The van der Waals surface area contributed by atoms with Gasteiger partial charge in [-0.05, 0) is 18.6 Å². The third-order valence-corrected chi connectivity index (χ3v) is 2.98. The summed E-state index contributed by atoms with van der Waals surface area (Å²) in [5, 5.41) is 27.4. The molecule has 0 saturated heterocycles. The van der Waals surface area contributed by atoms with Gasteiger partial charge in [-0.25, -0.2) is 0 Å². The molecule has 0 aromatic carbocycles. The largest absolute Gasteiger partial charge is 0.396 e. The SMILES string of the molecule is OCCC(O)C(O)c1ccc(Cl)s1. The summed E-state index contributed by atoms with van der Waals surface area (Å²) in [4.78, 5) is 0.617. The molecule has 0 aliphatic heterocycles. The molecule has 0 radical (unpaired) electrons. The molecule has 0 fully saturated rings. The highest BCUT2D eigenvalue weighted by Crippen LogP contribution is 2.29. The average molecular weight is 223 g/mol. The number of aliphatic hydroxyl groups is 3. The average Bonchev–Trinajstić information content (AvgIpc) is 2.51. The second-order valence-electron chi connectivity index (χ2n) is 2.67. The fraction of sp³-hybridized carbons (Fsp3) is 0.500. The summed E-state index contributed by atoms with van der Waals surface area (Å²) in [7, 11) is 0. The van der Waals surface area contributed by atoms with Gasteiger partial charge in [0.15, 0.2) is 0 Å². The molecule has 1 rings (SSSR count). The molecule has 2 unspecified atom stereocenters. The van der Waals surface area contributed by atoms with E-state index < -0.39 is 12.2 Å². The molecule has 2 atom stereocenters. The lowest BCUT2D eigenvalue weighted by atomic mass is 10.1. The van der Waals surface area contributed by atoms with Crippen LogP contribution in [0.1, 0.15) is 17.4 Å². The summed E-state index contributed by atoms with van der Waals surface area (Å²) in [6, 6.07) is 3.33. The first-order valence-corrected chi connectivity index (χ1v) is 5.07. The van der Waals surface area contributed by atoms with E-state index in [4.69, 9.17) is 16.7 Å². The quantitative estimate of drug-likeness (QED) is 0.717. The van der Waals surface area contributed by atoms with E-state index in [1.807, 2.05) is 0 Å². The summed E-state index contributed by atoms with van der Waals surface area (Å²) in [5.41, 5.74) is 0.